The third-order valence-corrected chi connectivity index (χ3v) is 6.99. The maximum atomic E-state index is 14.2. The van der Waals surface area contributed by atoms with E-state index in [-0.39, 0.29) is 5.91 Å². The Hall–Kier alpha value is -4.84. The molecule has 1 aliphatic rings. The van der Waals surface area contributed by atoms with Crippen molar-refractivity contribution in [3.05, 3.63) is 143 Å². The van der Waals surface area contributed by atoms with Gasteiger partial charge in [0.25, 0.3) is 5.91 Å². The molecule has 4 aromatic carbocycles. The number of benzene rings is 4. The van der Waals surface area contributed by atoms with Crippen molar-refractivity contribution in [2.75, 3.05) is 4.90 Å². The van der Waals surface area contributed by atoms with E-state index >= 15 is 0 Å². The summed E-state index contributed by atoms with van der Waals surface area (Å²) in [4.78, 5) is 16.0. The highest BCUT2D eigenvalue weighted by Crippen LogP contribution is 2.33. The Balaban J connectivity index is 1.34. The molecule has 6 rings (SSSR count). The Morgan fingerprint density at radius 3 is 2.00 bits per heavy atom. The summed E-state index contributed by atoms with van der Waals surface area (Å²) >= 11 is 0. The van der Waals surface area contributed by atoms with Gasteiger partial charge < -0.3 is 14.4 Å². The Morgan fingerprint density at radius 2 is 1.36 bits per heavy atom. The lowest BCUT2D eigenvalue weighted by atomic mass is 10.1. The first kappa shape index (κ1) is 24.5. The second kappa shape index (κ2) is 10.9. The van der Waals surface area contributed by atoms with E-state index in [0.717, 1.165) is 40.1 Å². The van der Waals surface area contributed by atoms with Crippen LogP contribution in [0.4, 0.5) is 5.69 Å². The highest BCUT2D eigenvalue weighted by Gasteiger charge is 2.27. The minimum absolute atomic E-state index is 0.117. The zero-order chi connectivity index (χ0) is 26.6. The third-order valence-electron chi connectivity index (χ3n) is 6.99. The van der Waals surface area contributed by atoms with Crippen LogP contribution < -0.4 is 14.4 Å². The monoisotopic (exact) mass is 515 g/mol. The summed E-state index contributed by atoms with van der Waals surface area (Å²) < 4.78 is 14.2. The Bertz CT molecular complexity index is 1530. The van der Waals surface area contributed by atoms with Crippen LogP contribution in [0.2, 0.25) is 0 Å². The van der Waals surface area contributed by atoms with Gasteiger partial charge in [-0.25, -0.2) is 0 Å². The number of aromatic nitrogens is 2. The number of carbonyl (C=O) groups is 1. The molecule has 0 bridgehead atoms. The van der Waals surface area contributed by atoms with Crippen molar-refractivity contribution in [3.63, 3.8) is 0 Å². The van der Waals surface area contributed by atoms with Crippen molar-refractivity contribution in [2.45, 2.75) is 26.2 Å². The lowest BCUT2D eigenvalue weighted by molar-refractivity contribution is 0.0984. The van der Waals surface area contributed by atoms with Crippen LogP contribution in [0.15, 0.2) is 109 Å². The lowest BCUT2D eigenvalue weighted by Gasteiger charge is -2.24. The summed E-state index contributed by atoms with van der Waals surface area (Å²) in [5, 5.41) is 4.45. The molecule has 0 aliphatic carbocycles. The molecule has 6 nitrogen and oxygen atoms in total. The molecule has 39 heavy (non-hydrogen) atoms. The number of ether oxygens (including phenoxy) is 2. The summed E-state index contributed by atoms with van der Waals surface area (Å²) in [6, 6.07) is 33.5. The number of amides is 1. The molecule has 1 amide bonds. The van der Waals surface area contributed by atoms with Crippen LogP contribution >= 0.6 is 0 Å². The number of hydrogen-bond donors (Lipinski definition) is 0. The SMILES string of the molecule is Cn1ncc2c1Cc1ccccc1N(C(=O)c1cc(OCc3ccccc3)cc(OCc3ccccc3)c1)C2. The summed E-state index contributed by atoms with van der Waals surface area (Å²) in [6.07, 6.45) is 2.58. The second-order valence-electron chi connectivity index (χ2n) is 9.68. The fourth-order valence-corrected chi connectivity index (χ4v) is 4.91. The molecule has 0 N–H and O–H groups in total. The molecule has 0 saturated carbocycles. The molecular weight excluding hydrogens is 486 g/mol. The molecule has 0 unspecified atom stereocenters. The molecule has 6 heteroatoms. The number of para-hydroxylation sites is 1. The fraction of sp³-hybridized carbons (Fsp3) is 0.152. The van der Waals surface area contributed by atoms with Crippen molar-refractivity contribution >= 4 is 11.6 Å². The van der Waals surface area contributed by atoms with Crippen molar-refractivity contribution in [1.82, 2.24) is 9.78 Å². The average Bonchev–Trinajstić information content (AvgIpc) is 3.23. The predicted molar refractivity (Wildman–Crippen MR) is 151 cm³/mol. The first-order valence-corrected chi connectivity index (χ1v) is 13.0. The molecule has 0 spiro atoms. The van der Waals surface area contributed by atoms with Crippen molar-refractivity contribution in [3.8, 4) is 11.5 Å². The molecule has 194 valence electrons. The van der Waals surface area contributed by atoms with Crippen molar-refractivity contribution in [2.24, 2.45) is 7.05 Å². The average molecular weight is 516 g/mol. The van der Waals surface area contributed by atoms with Gasteiger partial charge in [-0.05, 0) is 34.9 Å². The zero-order valence-electron chi connectivity index (χ0n) is 21.8. The number of aryl methyl sites for hydroxylation is 1. The smallest absolute Gasteiger partial charge is 0.258 e. The van der Waals surface area contributed by atoms with Crippen LogP contribution in [0.1, 0.15) is 38.3 Å². The molecule has 5 aromatic rings. The molecule has 0 saturated heterocycles. The summed E-state index contributed by atoms with van der Waals surface area (Å²) in [5.74, 6) is 1.05. The molecule has 0 fully saturated rings. The quantitative estimate of drug-likeness (QED) is 0.254. The Labute approximate surface area is 228 Å². The van der Waals surface area contributed by atoms with Gasteiger partial charge in [0.05, 0.1) is 12.7 Å². The van der Waals surface area contributed by atoms with Crippen molar-refractivity contribution < 1.29 is 14.3 Å². The van der Waals surface area contributed by atoms with Crippen molar-refractivity contribution in [1.29, 1.82) is 0 Å². The summed E-state index contributed by atoms with van der Waals surface area (Å²) in [7, 11) is 1.95. The van der Waals surface area contributed by atoms with Gasteiger partial charge in [-0.15, -0.1) is 0 Å². The van der Waals surface area contributed by atoms with Gasteiger partial charge in [-0.3, -0.25) is 9.48 Å². The van der Waals surface area contributed by atoms with E-state index in [1.165, 1.54) is 0 Å². The summed E-state index contributed by atoms with van der Waals surface area (Å²) in [5.41, 5.74) is 6.75. The molecule has 0 atom stereocenters. The number of nitrogens with zero attached hydrogens (tertiary/aromatic N) is 3. The van der Waals surface area contributed by atoms with Gasteiger partial charge in [0.1, 0.15) is 24.7 Å². The van der Waals surface area contributed by atoms with E-state index in [2.05, 4.69) is 11.2 Å². The van der Waals surface area contributed by atoms with Crippen LogP contribution in [0.3, 0.4) is 0 Å². The highest BCUT2D eigenvalue weighted by molar-refractivity contribution is 6.07. The van der Waals surface area contributed by atoms with Gasteiger partial charge in [0, 0.05) is 42.0 Å². The topological polar surface area (TPSA) is 56.6 Å². The first-order valence-electron chi connectivity index (χ1n) is 13.0. The Kier molecular flexibility index (Phi) is 6.83. The van der Waals surface area contributed by atoms with E-state index < -0.39 is 0 Å². The molecule has 1 aromatic heterocycles. The Morgan fingerprint density at radius 1 is 0.769 bits per heavy atom. The molecule has 0 radical (unpaired) electrons. The molecule has 2 heterocycles. The van der Waals surface area contributed by atoms with E-state index in [0.29, 0.717) is 36.8 Å². The van der Waals surface area contributed by atoms with Gasteiger partial charge in [0.15, 0.2) is 0 Å². The third kappa shape index (κ3) is 5.41. The van der Waals surface area contributed by atoms with Crippen LogP contribution in [0.5, 0.6) is 11.5 Å². The maximum absolute atomic E-state index is 14.2. The van der Waals surface area contributed by atoms with Gasteiger partial charge in [-0.2, -0.15) is 5.10 Å². The summed E-state index contributed by atoms with van der Waals surface area (Å²) in [6.45, 7) is 1.22. The number of fused-ring (bicyclic) bond motifs is 2. The van der Waals surface area contributed by atoms with Crippen LogP contribution in [-0.4, -0.2) is 15.7 Å². The second-order valence-corrected chi connectivity index (χ2v) is 9.68. The molecular formula is C33H29N3O3. The van der Waals surface area contributed by atoms with Gasteiger partial charge in [0.2, 0.25) is 0 Å². The van der Waals surface area contributed by atoms with Crippen LogP contribution in [0.25, 0.3) is 0 Å². The largest absolute Gasteiger partial charge is 0.489 e. The van der Waals surface area contributed by atoms with E-state index in [1.54, 1.807) is 12.1 Å². The van der Waals surface area contributed by atoms with Gasteiger partial charge >= 0.3 is 0 Å². The highest BCUT2D eigenvalue weighted by atomic mass is 16.5. The zero-order valence-corrected chi connectivity index (χ0v) is 21.8. The van der Waals surface area contributed by atoms with Gasteiger partial charge in [-0.1, -0.05) is 78.9 Å². The van der Waals surface area contributed by atoms with E-state index in [1.807, 2.05) is 108 Å². The number of carbonyl (C=O) groups excluding carboxylic acids is 1. The minimum atomic E-state index is -0.117. The van der Waals surface area contributed by atoms with Crippen LogP contribution in [0, 0.1) is 0 Å². The number of hydrogen-bond acceptors (Lipinski definition) is 4. The van der Waals surface area contributed by atoms with E-state index in [4.69, 9.17) is 9.47 Å². The van der Waals surface area contributed by atoms with Crippen LogP contribution in [-0.2, 0) is 33.2 Å². The van der Waals surface area contributed by atoms with E-state index in [9.17, 15) is 4.79 Å². The lowest BCUT2D eigenvalue weighted by Crippen LogP contribution is -2.30. The number of anilines is 1. The molecule has 1 aliphatic heterocycles. The normalized spacial score (nSPS) is 12.3. The minimum Gasteiger partial charge on any atom is -0.489 e. The predicted octanol–water partition coefficient (Wildman–Crippen LogP) is 6.33. The maximum Gasteiger partial charge on any atom is 0.258 e. The fourth-order valence-electron chi connectivity index (χ4n) is 4.91. The standard InChI is InChI=1S/C33H29N3O3/c1-35-32-18-26-14-8-9-15-31(26)36(21-28(32)20-34-35)33(37)27-16-29(38-22-24-10-4-2-5-11-24)19-30(17-27)39-23-25-12-6-3-7-13-25/h2-17,19-20H,18,21-23H2,1H3. The number of rotatable bonds is 7. The first-order chi connectivity index (χ1) is 19.1.